The molecule has 0 spiro atoms. The molecule has 2 aliphatic heterocycles. The first-order chi connectivity index (χ1) is 17.8. The van der Waals surface area contributed by atoms with Crippen LogP contribution in [0.25, 0.3) is 0 Å². The van der Waals surface area contributed by atoms with Crippen LogP contribution in [-0.2, 0) is 6.18 Å². The average molecular weight is 526 g/mol. The maximum atomic E-state index is 13.1. The van der Waals surface area contributed by atoms with Crippen molar-refractivity contribution in [1.29, 1.82) is 5.26 Å². The molecular weight excluding hydrogens is 499 g/mol. The highest BCUT2D eigenvalue weighted by Crippen LogP contribution is 2.34. The first kappa shape index (κ1) is 25.1. The molecule has 5 rings (SSSR count). The van der Waals surface area contributed by atoms with Crippen LogP contribution in [0.5, 0.6) is 0 Å². The Morgan fingerprint density at radius 1 is 0.946 bits per heavy atom. The highest BCUT2D eigenvalue weighted by molar-refractivity contribution is 7.09. The molecule has 37 heavy (non-hydrogen) atoms. The number of alkyl halides is 3. The third-order valence-corrected chi connectivity index (χ3v) is 8.06. The Bertz CT molecular complexity index is 1280. The number of carbonyl (C=O) groups excluding carboxylic acids is 1. The summed E-state index contributed by atoms with van der Waals surface area (Å²) in [5.41, 5.74) is 2.06. The van der Waals surface area contributed by atoms with Crippen molar-refractivity contribution in [3.8, 4) is 6.07 Å². The first-order valence-corrected chi connectivity index (χ1v) is 13.1. The number of nitrogens with zero attached hydrogens (tertiary/aromatic N) is 5. The quantitative estimate of drug-likeness (QED) is 0.458. The summed E-state index contributed by atoms with van der Waals surface area (Å²) in [7, 11) is 0. The van der Waals surface area contributed by atoms with E-state index >= 15 is 0 Å². The Labute approximate surface area is 217 Å². The molecule has 0 unspecified atom stereocenters. The van der Waals surface area contributed by atoms with Crippen LogP contribution >= 0.6 is 11.3 Å². The summed E-state index contributed by atoms with van der Waals surface area (Å²) < 4.78 is 39.2. The second kappa shape index (κ2) is 10.4. The van der Waals surface area contributed by atoms with Gasteiger partial charge in [-0.1, -0.05) is 6.07 Å². The van der Waals surface area contributed by atoms with Crippen LogP contribution in [0, 0.1) is 11.3 Å². The Balaban J connectivity index is 1.15. The predicted molar refractivity (Wildman–Crippen MR) is 137 cm³/mol. The minimum Gasteiger partial charge on any atom is -0.371 e. The molecular formula is C27H26F3N5OS. The summed E-state index contributed by atoms with van der Waals surface area (Å²) in [5, 5.41) is 11.8. The van der Waals surface area contributed by atoms with Crippen LogP contribution in [0.3, 0.4) is 0 Å². The van der Waals surface area contributed by atoms with Crippen LogP contribution in [0.4, 0.5) is 24.5 Å². The second-order valence-electron chi connectivity index (χ2n) is 9.32. The van der Waals surface area contributed by atoms with Crippen molar-refractivity contribution >= 4 is 28.6 Å². The van der Waals surface area contributed by atoms with E-state index in [4.69, 9.17) is 5.26 Å². The number of thiazole rings is 1. The number of rotatable bonds is 4. The number of hydrogen-bond acceptors (Lipinski definition) is 6. The van der Waals surface area contributed by atoms with Gasteiger partial charge in [0.25, 0.3) is 5.91 Å². The number of nitriles is 1. The fourth-order valence-electron chi connectivity index (χ4n) is 4.91. The summed E-state index contributed by atoms with van der Waals surface area (Å²) in [6, 6.07) is 15.1. The van der Waals surface area contributed by atoms with E-state index in [1.54, 1.807) is 11.0 Å². The third-order valence-electron chi connectivity index (χ3n) is 7.05. The summed E-state index contributed by atoms with van der Waals surface area (Å²) in [6.45, 7) is 3.58. The van der Waals surface area contributed by atoms with Crippen molar-refractivity contribution in [3.63, 3.8) is 0 Å². The molecule has 192 valence electrons. The van der Waals surface area contributed by atoms with Crippen LogP contribution < -0.4 is 9.80 Å². The Hall–Kier alpha value is -3.58. The van der Waals surface area contributed by atoms with Crippen molar-refractivity contribution in [2.24, 2.45) is 0 Å². The van der Waals surface area contributed by atoms with Gasteiger partial charge in [-0.05, 0) is 55.3 Å². The van der Waals surface area contributed by atoms with Crippen molar-refractivity contribution < 1.29 is 18.0 Å². The Kier molecular flexibility index (Phi) is 7.07. The van der Waals surface area contributed by atoms with Crippen LogP contribution in [0.2, 0.25) is 0 Å². The molecule has 3 aromatic rings. The number of piperazine rings is 1. The van der Waals surface area contributed by atoms with E-state index in [1.165, 1.54) is 17.4 Å². The van der Waals surface area contributed by atoms with Gasteiger partial charge >= 0.3 is 6.18 Å². The number of anilines is 2. The molecule has 0 atom stereocenters. The van der Waals surface area contributed by atoms with Gasteiger partial charge in [0.05, 0.1) is 22.2 Å². The molecule has 0 aliphatic carbocycles. The molecule has 0 bridgehead atoms. The molecule has 1 amide bonds. The SMILES string of the molecule is N#Cc1ccc(N2CCC(c3nc(C(=O)N4CCN(c5cccc(C(F)(F)F)c5)CC4)cs3)CC2)cc1. The van der Waals surface area contributed by atoms with E-state index in [0.29, 0.717) is 49.0 Å². The molecule has 2 fully saturated rings. The molecule has 0 saturated carbocycles. The van der Waals surface area contributed by atoms with Gasteiger partial charge in [0.1, 0.15) is 5.69 Å². The maximum Gasteiger partial charge on any atom is 0.416 e. The largest absolute Gasteiger partial charge is 0.416 e. The molecule has 2 aliphatic rings. The normalized spacial score (nSPS) is 17.1. The molecule has 0 radical (unpaired) electrons. The van der Waals surface area contributed by atoms with Crippen molar-refractivity contribution in [1.82, 2.24) is 9.88 Å². The summed E-state index contributed by atoms with van der Waals surface area (Å²) in [4.78, 5) is 23.7. The van der Waals surface area contributed by atoms with Gasteiger partial charge in [0.15, 0.2) is 0 Å². The number of aromatic nitrogens is 1. The van der Waals surface area contributed by atoms with E-state index in [-0.39, 0.29) is 5.91 Å². The molecule has 1 aromatic heterocycles. The highest BCUT2D eigenvalue weighted by atomic mass is 32.1. The topological polar surface area (TPSA) is 63.5 Å². The van der Waals surface area contributed by atoms with E-state index in [0.717, 1.165) is 48.8 Å². The fourth-order valence-corrected chi connectivity index (χ4v) is 5.88. The average Bonchev–Trinajstić information content (AvgIpc) is 3.43. The number of piperidine rings is 1. The highest BCUT2D eigenvalue weighted by Gasteiger charge is 2.32. The molecule has 2 saturated heterocycles. The number of amides is 1. The van der Waals surface area contributed by atoms with Gasteiger partial charge < -0.3 is 14.7 Å². The van der Waals surface area contributed by atoms with Crippen LogP contribution in [-0.4, -0.2) is 55.1 Å². The Morgan fingerprint density at radius 3 is 2.27 bits per heavy atom. The van der Waals surface area contributed by atoms with Gasteiger partial charge in [0.2, 0.25) is 0 Å². The fraction of sp³-hybridized carbons (Fsp3) is 0.370. The zero-order valence-electron chi connectivity index (χ0n) is 20.1. The van der Waals surface area contributed by atoms with Gasteiger partial charge in [-0.3, -0.25) is 4.79 Å². The zero-order chi connectivity index (χ0) is 26.0. The summed E-state index contributed by atoms with van der Waals surface area (Å²) >= 11 is 1.52. The maximum absolute atomic E-state index is 13.1. The van der Waals surface area contributed by atoms with Gasteiger partial charge in [-0.2, -0.15) is 18.4 Å². The van der Waals surface area contributed by atoms with Gasteiger partial charge in [-0.15, -0.1) is 11.3 Å². The van der Waals surface area contributed by atoms with Crippen molar-refractivity contribution in [2.75, 3.05) is 49.1 Å². The summed E-state index contributed by atoms with van der Waals surface area (Å²) in [5.74, 6) is 0.181. The standard InChI is InChI=1S/C27H26F3N5OS/c28-27(29,30)21-2-1-3-23(16-21)34-12-14-35(15-13-34)26(36)24-18-37-25(32-24)20-8-10-33(11-9-20)22-6-4-19(17-31)5-7-22/h1-7,16,18,20H,8-15H2. The van der Waals surface area contributed by atoms with Crippen molar-refractivity contribution in [2.45, 2.75) is 24.9 Å². The number of carbonyl (C=O) groups is 1. The van der Waals surface area contributed by atoms with E-state index in [2.05, 4.69) is 16.0 Å². The number of benzene rings is 2. The minimum atomic E-state index is -4.38. The zero-order valence-corrected chi connectivity index (χ0v) is 20.9. The van der Waals surface area contributed by atoms with E-state index in [9.17, 15) is 18.0 Å². The summed E-state index contributed by atoms with van der Waals surface area (Å²) in [6.07, 6.45) is -2.50. The van der Waals surface area contributed by atoms with Gasteiger partial charge in [0, 0.05) is 61.9 Å². The molecule has 0 N–H and O–H groups in total. The van der Waals surface area contributed by atoms with Crippen LogP contribution in [0.15, 0.2) is 53.9 Å². The van der Waals surface area contributed by atoms with Crippen molar-refractivity contribution in [3.05, 3.63) is 75.7 Å². The van der Waals surface area contributed by atoms with Gasteiger partial charge in [-0.25, -0.2) is 4.98 Å². The number of halogens is 3. The predicted octanol–water partition coefficient (Wildman–Crippen LogP) is 5.38. The van der Waals surface area contributed by atoms with E-state index in [1.807, 2.05) is 34.5 Å². The molecule has 6 nitrogen and oxygen atoms in total. The smallest absolute Gasteiger partial charge is 0.371 e. The Morgan fingerprint density at radius 2 is 1.62 bits per heavy atom. The lowest BCUT2D eigenvalue weighted by Gasteiger charge is -2.36. The first-order valence-electron chi connectivity index (χ1n) is 12.2. The van der Waals surface area contributed by atoms with E-state index < -0.39 is 11.7 Å². The molecule has 2 aromatic carbocycles. The lowest BCUT2D eigenvalue weighted by molar-refractivity contribution is -0.137. The van der Waals surface area contributed by atoms with Crippen LogP contribution in [0.1, 0.15) is 45.4 Å². The monoisotopic (exact) mass is 525 g/mol. The number of hydrogen-bond donors (Lipinski definition) is 0. The third kappa shape index (κ3) is 5.57. The molecule has 10 heteroatoms. The minimum absolute atomic E-state index is 0.124. The second-order valence-corrected chi connectivity index (χ2v) is 10.2. The lowest BCUT2D eigenvalue weighted by Crippen LogP contribution is -2.49. The molecule has 3 heterocycles. The lowest BCUT2D eigenvalue weighted by atomic mass is 9.97.